The number of nitrogens with zero attached hydrogens (tertiary/aromatic N) is 1. The van der Waals surface area contributed by atoms with Gasteiger partial charge in [-0.1, -0.05) is 25.7 Å². The molecule has 1 unspecified atom stereocenters. The van der Waals surface area contributed by atoms with Gasteiger partial charge in [-0.2, -0.15) is 5.10 Å². The molecule has 1 amide bonds. The Kier molecular flexibility index (Phi) is 9.04. The molecule has 2 aliphatic rings. The number of carbonyl (C=O) groups excluding carboxylic acids is 1. The van der Waals surface area contributed by atoms with E-state index in [0.717, 1.165) is 18.8 Å². The normalized spacial score (nSPS) is 21.0. The third-order valence-corrected chi connectivity index (χ3v) is 6.32. The van der Waals surface area contributed by atoms with E-state index in [4.69, 9.17) is 14.2 Å². The summed E-state index contributed by atoms with van der Waals surface area (Å²) >= 11 is 0. The van der Waals surface area contributed by atoms with Crippen LogP contribution >= 0.6 is 0 Å². The molecular weight excluding hydrogens is 392 g/mol. The monoisotopic (exact) mass is 430 g/mol. The van der Waals surface area contributed by atoms with E-state index >= 15 is 0 Å². The van der Waals surface area contributed by atoms with Crippen molar-refractivity contribution in [2.24, 2.45) is 16.9 Å². The van der Waals surface area contributed by atoms with Gasteiger partial charge in [0.25, 0.3) is 5.91 Å². The van der Waals surface area contributed by atoms with Crippen LogP contribution in [-0.4, -0.2) is 31.4 Å². The number of benzene rings is 1. The van der Waals surface area contributed by atoms with Gasteiger partial charge in [-0.3, -0.25) is 4.79 Å². The van der Waals surface area contributed by atoms with Crippen LogP contribution in [0.1, 0.15) is 88.9 Å². The Hall–Kier alpha value is -2.24. The van der Waals surface area contributed by atoms with Gasteiger partial charge < -0.3 is 14.2 Å². The minimum Gasteiger partial charge on any atom is -0.490 e. The Balaban J connectivity index is 1.79. The van der Waals surface area contributed by atoms with Crippen LogP contribution in [-0.2, 0) is 0 Å². The summed E-state index contributed by atoms with van der Waals surface area (Å²) in [5.41, 5.74) is 4.46. The number of carbonyl (C=O) groups is 1. The smallest absolute Gasteiger partial charge is 0.271 e. The first-order chi connectivity index (χ1) is 15.2. The minimum absolute atomic E-state index is 0.245. The molecule has 3 rings (SSSR count). The molecule has 0 bridgehead atoms. The molecule has 1 aromatic rings. The van der Waals surface area contributed by atoms with Crippen molar-refractivity contribution in [1.82, 2.24) is 5.43 Å². The quantitative estimate of drug-likeness (QED) is 0.507. The molecule has 2 saturated carbocycles. The molecule has 0 aliphatic heterocycles. The summed E-state index contributed by atoms with van der Waals surface area (Å²) in [5, 5.41) is 4.63. The van der Waals surface area contributed by atoms with Crippen molar-refractivity contribution in [2.75, 3.05) is 19.8 Å². The maximum absolute atomic E-state index is 13.0. The molecule has 0 aromatic heterocycles. The second-order valence-electron chi connectivity index (χ2n) is 8.40. The molecule has 1 aromatic carbocycles. The molecule has 0 saturated heterocycles. The van der Waals surface area contributed by atoms with E-state index in [1.807, 2.05) is 20.8 Å². The van der Waals surface area contributed by atoms with Gasteiger partial charge in [0, 0.05) is 17.2 Å². The van der Waals surface area contributed by atoms with Crippen LogP contribution in [0.5, 0.6) is 17.2 Å². The van der Waals surface area contributed by atoms with Gasteiger partial charge in [-0.25, -0.2) is 5.43 Å². The van der Waals surface area contributed by atoms with Gasteiger partial charge in [0.2, 0.25) is 5.75 Å². The summed E-state index contributed by atoms with van der Waals surface area (Å²) in [6.07, 6.45) is 11.2. The highest BCUT2D eigenvalue weighted by Crippen LogP contribution is 2.39. The number of ether oxygens (including phenoxy) is 3. The van der Waals surface area contributed by atoms with Crippen molar-refractivity contribution in [3.63, 3.8) is 0 Å². The zero-order valence-corrected chi connectivity index (χ0v) is 19.4. The zero-order chi connectivity index (χ0) is 22.1. The Morgan fingerprint density at radius 3 is 2.13 bits per heavy atom. The highest BCUT2D eigenvalue weighted by molar-refractivity contribution is 5.97. The van der Waals surface area contributed by atoms with Crippen molar-refractivity contribution in [2.45, 2.75) is 78.6 Å². The van der Waals surface area contributed by atoms with E-state index in [2.05, 4.69) is 10.5 Å². The van der Waals surface area contributed by atoms with Gasteiger partial charge in [0.1, 0.15) is 0 Å². The highest BCUT2D eigenvalue weighted by Gasteiger charge is 2.30. The fraction of sp³-hybridized carbons (Fsp3) is 0.680. The molecule has 31 heavy (non-hydrogen) atoms. The van der Waals surface area contributed by atoms with E-state index in [1.165, 1.54) is 50.7 Å². The number of amides is 1. The van der Waals surface area contributed by atoms with Gasteiger partial charge in [-0.15, -0.1) is 0 Å². The SMILES string of the molecule is CCOc1cc(C(=O)N/N=C2\CCCCC2C2CCCCC2)cc(OCC)c1OCC. The second-order valence-corrected chi connectivity index (χ2v) is 8.40. The predicted molar refractivity (Wildman–Crippen MR) is 123 cm³/mol. The summed E-state index contributed by atoms with van der Waals surface area (Å²) < 4.78 is 17.2. The van der Waals surface area contributed by atoms with Crippen LogP contribution in [0, 0.1) is 11.8 Å². The van der Waals surface area contributed by atoms with E-state index < -0.39 is 0 Å². The third kappa shape index (κ3) is 6.14. The van der Waals surface area contributed by atoms with Gasteiger partial charge in [0.15, 0.2) is 11.5 Å². The maximum Gasteiger partial charge on any atom is 0.271 e. The van der Waals surface area contributed by atoms with Crippen molar-refractivity contribution in [3.8, 4) is 17.2 Å². The van der Waals surface area contributed by atoms with Crippen LogP contribution in [0.3, 0.4) is 0 Å². The van der Waals surface area contributed by atoms with Crippen LogP contribution < -0.4 is 19.6 Å². The van der Waals surface area contributed by atoms with Gasteiger partial charge in [0.05, 0.1) is 19.8 Å². The standard InChI is InChI=1S/C25H38N2O4/c1-4-29-22-16-19(17-23(30-5-2)24(22)31-6-3)25(28)27-26-21-15-11-10-14-20(21)18-12-8-7-9-13-18/h16-18,20H,4-15H2,1-3H3,(H,27,28)/b26-21+. The molecule has 1 N–H and O–H groups in total. The maximum atomic E-state index is 13.0. The average Bonchev–Trinajstić information content (AvgIpc) is 2.80. The van der Waals surface area contributed by atoms with E-state index in [0.29, 0.717) is 48.6 Å². The van der Waals surface area contributed by atoms with E-state index in [1.54, 1.807) is 12.1 Å². The van der Waals surface area contributed by atoms with Crippen molar-refractivity contribution < 1.29 is 19.0 Å². The minimum atomic E-state index is -0.245. The number of hydrogen-bond acceptors (Lipinski definition) is 5. The van der Waals surface area contributed by atoms with Crippen molar-refractivity contribution in [1.29, 1.82) is 0 Å². The number of hydrogen-bond donors (Lipinski definition) is 1. The Morgan fingerprint density at radius 2 is 1.52 bits per heavy atom. The molecule has 172 valence electrons. The van der Waals surface area contributed by atoms with Crippen LogP contribution in [0.2, 0.25) is 0 Å². The lowest BCUT2D eigenvalue weighted by atomic mass is 9.72. The van der Waals surface area contributed by atoms with E-state index in [-0.39, 0.29) is 5.91 Å². The number of hydrazone groups is 1. The molecule has 6 nitrogen and oxygen atoms in total. The lowest BCUT2D eigenvalue weighted by Crippen LogP contribution is -2.31. The first-order valence-electron chi connectivity index (χ1n) is 12.1. The van der Waals surface area contributed by atoms with Crippen molar-refractivity contribution in [3.05, 3.63) is 17.7 Å². The summed E-state index contributed by atoms with van der Waals surface area (Å²) in [6, 6.07) is 3.43. The van der Waals surface area contributed by atoms with Crippen LogP contribution in [0.4, 0.5) is 0 Å². The molecule has 2 fully saturated rings. The largest absolute Gasteiger partial charge is 0.490 e. The summed E-state index contributed by atoms with van der Waals surface area (Å²) in [5.74, 6) is 2.58. The summed E-state index contributed by atoms with van der Waals surface area (Å²) in [7, 11) is 0. The first kappa shape index (κ1) is 23.4. The molecular formula is C25H38N2O4. The van der Waals surface area contributed by atoms with Crippen LogP contribution in [0.15, 0.2) is 17.2 Å². The molecule has 0 spiro atoms. The summed E-state index contributed by atoms with van der Waals surface area (Å²) in [4.78, 5) is 13.0. The summed E-state index contributed by atoms with van der Waals surface area (Å²) in [6.45, 7) is 7.16. The predicted octanol–water partition coefficient (Wildman–Crippen LogP) is 5.74. The topological polar surface area (TPSA) is 69.2 Å². The third-order valence-electron chi connectivity index (χ3n) is 6.32. The van der Waals surface area contributed by atoms with Gasteiger partial charge in [-0.05, 0) is 70.9 Å². The molecule has 2 aliphatic carbocycles. The number of nitrogens with one attached hydrogen (secondary N) is 1. The fourth-order valence-corrected chi connectivity index (χ4v) is 4.91. The lowest BCUT2D eigenvalue weighted by molar-refractivity contribution is 0.0953. The molecule has 0 heterocycles. The number of rotatable bonds is 9. The van der Waals surface area contributed by atoms with Crippen molar-refractivity contribution >= 4 is 11.6 Å². The molecule has 6 heteroatoms. The Labute approximate surface area is 186 Å². The fourth-order valence-electron chi connectivity index (χ4n) is 4.91. The lowest BCUT2D eigenvalue weighted by Gasteiger charge is -2.33. The molecule has 0 radical (unpaired) electrons. The van der Waals surface area contributed by atoms with E-state index in [9.17, 15) is 4.79 Å². The van der Waals surface area contributed by atoms with Gasteiger partial charge >= 0.3 is 0 Å². The Bertz CT molecular complexity index is 729. The first-order valence-corrected chi connectivity index (χ1v) is 12.1. The average molecular weight is 431 g/mol. The Morgan fingerprint density at radius 1 is 0.903 bits per heavy atom. The van der Waals surface area contributed by atoms with Crippen LogP contribution in [0.25, 0.3) is 0 Å². The molecule has 1 atom stereocenters. The highest BCUT2D eigenvalue weighted by atomic mass is 16.5. The second kappa shape index (κ2) is 12.0. The zero-order valence-electron chi connectivity index (χ0n) is 19.4.